The molecule has 0 saturated heterocycles. The van der Waals surface area contributed by atoms with Gasteiger partial charge < -0.3 is 5.32 Å². The number of para-hydroxylation sites is 1. The Morgan fingerprint density at radius 3 is 2.69 bits per heavy atom. The highest BCUT2D eigenvalue weighted by molar-refractivity contribution is 8.00. The molecule has 2 heterocycles. The van der Waals surface area contributed by atoms with E-state index in [2.05, 4.69) is 10.4 Å². The Morgan fingerprint density at radius 1 is 1.23 bits per heavy atom. The Kier molecular flexibility index (Phi) is 4.46. The summed E-state index contributed by atoms with van der Waals surface area (Å²) in [7, 11) is 0. The highest BCUT2D eigenvalue weighted by Gasteiger charge is 2.30. The van der Waals surface area contributed by atoms with Crippen LogP contribution >= 0.6 is 23.4 Å². The highest BCUT2D eigenvalue weighted by atomic mass is 35.5. The number of amides is 1. The Hall–Kier alpha value is -2.31. The molecule has 1 aromatic heterocycles. The second-order valence-corrected chi connectivity index (χ2v) is 7.50. The molecule has 0 spiro atoms. The second-order valence-electron chi connectivity index (χ2n) is 6.00. The molecule has 1 amide bonds. The lowest BCUT2D eigenvalue weighted by molar-refractivity contribution is -0.113. The van der Waals surface area contributed by atoms with Gasteiger partial charge in [0.05, 0.1) is 27.4 Å². The third-order valence-electron chi connectivity index (χ3n) is 4.26. The number of rotatable bonds is 2. The molecule has 7 heteroatoms. The number of carbonyl (C=O) groups is 1. The molecule has 1 atom stereocenters. The number of benzene rings is 2. The predicted octanol–water partition coefficient (Wildman–Crippen LogP) is 4.75. The quantitative estimate of drug-likeness (QED) is 0.690. The third kappa shape index (κ3) is 2.99. The van der Waals surface area contributed by atoms with Crippen LogP contribution in [0.5, 0.6) is 0 Å². The molecule has 0 saturated carbocycles. The SMILES string of the molecule is Cc1nn(-c2ccccc2Cl)c2c1C(c1ccc(F)cc1)SCC(=O)N2. The van der Waals surface area contributed by atoms with Crippen molar-refractivity contribution in [3.63, 3.8) is 0 Å². The van der Waals surface area contributed by atoms with Gasteiger partial charge in [-0.3, -0.25) is 4.79 Å². The second kappa shape index (κ2) is 6.78. The monoisotopic (exact) mass is 387 g/mol. The Morgan fingerprint density at radius 2 is 1.96 bits per heavy atom. The van der Waals surface area contributed by atoms with Crippen molar-refractivity contribution in [3.05, 3.63) is 76.2 Å². The maximum absolute atomic E-state index is 13.3. The maximum Gasteiger partial charge on any atom is 0.235 e. The summed E-state index contributed by atoms with van der Waals surface area (Å²) in [6.45, 7) is 1.90. The summed E-state index contributed by atoms with van der Waals surface area (Å²) in [6, 6.07) is 13.7. The highest BCUT2D eigenvalue weighted by Crippen LogP contribution is 2.44. The molecule has 2 aromatic carbocycles. The minimum absolute atomic E-state index is 0.103. The average molecular weight is 388 g/mol. The minimum atomic E-state index is -0.287. The van der Waals surface area contributed by atoms with Gasteiger partial charge in [0, 0.05) is 5.56 Å². The van der Waals surface area contributed by atoms with Gasteiger partial charge in [-0.2, -0.15) is 5.10 Å². The lowest BCUT2D eigenvalue weighted by Gasteiger charge is -2.15. The first kappa shape index (κ1) is 17.1. The molecule has 0 fully saturated rings. The molecule has 1 aliphatic rings. The van der Waals surface area contributed by atoms with E-state index in [1.807, 2.05) is 25.1 Å². The summed E-state index contributed by atoms with van der Waals surface area (Å²) >= 11 is 7.84. The normalized spacial score (nSPS) is 16.7. The van der Waals surface area contributed by atoms with Gasteiger partial charge in [0.1, 0.15) is 11.6 Å². The lowest BCUT2D eigenvalue weighted by atomic mass is 10.0. The van der Waals surface area contributed by atoms with E-state index in [-0.39, 0.29) is 17.0 Å². The van der Waals surface area contributed by atoms with Crippen molar-refractivity contribution >= 4 is 35.1 Å². The number of halogens is 2. The number of thioether (sulfide) groups is 1. The molecular weight excluding hydrogens is 373 g/mol. The van der Waals surface area contributed by atoms with Crippen molar-refractivity contribution < 1.29 is 9.18 Å². The first-order chi connectivity index (χ1) is 12.5. The van der Waals surface area contributed by atoms with Crippen LogP contribution in [0.4, 0.5) is 10.2 Å². The Bertz CT molecular complexity index is 987. The number of anilines is 1. The van der Waals surface area contributed by atoms with Crippen LogP contribution in [0, 0.1) is 12.7 Å². The van der Waals surface area contributed by atoms with Gasteiger partial charge in [0.15, 0.2) is 0 Å². The zero-order chi connectivity index (χ0) is 18.3. The molecule has 1 unspecified atom stereocenters. The van der Waals surface area contributed by atoms with Gasteiger partial charge in [-0.05, 0) is 36.8 Å². The number of aromatic nitrogens is 2. The molecule has 1 aliphatic heterocycles. The molecule has 4 rings (SSSR count). The van der Waals surface area contributed by atoms with Crippen LogP contribution in [0.25, 0.3) is 5.69 Å². The van der Waals surface area contributed by atoms with Gasteiger partial charge >= 0.3 is 0 Å². The zero-order valence-electron chi connectivity index (χ0n) is 13.9. The predicted molar refractivity (Wildman–Crippen MR) is 103 cm³/mol. The molecular formula is C19H15ClFN3OS. The maximum atomic E-state index is 13.3. The van der Waals surface area contributed by atoms with E-state index in [9.17, 15) is 9.18 Å². The van der Waals surface area contributed by atoms with Crippen molar-refractivity contribution in [2.75, 3.05) is 11.1 Å². The fraction of sp³-hybridized carbons (Fsp3) is 0.158. The summed E-state index contributed by atoms with van der Waals surface area (Å²) in [5.74, 6) is 0.526. The van der Waals surface area contributed by atoms with Gasteiger partial charge in [-0.25, -0.2) is 9.07 Å². The van der Waals surface area contributed by atoms with E-state index in [1.165, 1.54) is 23.9 Å². The topological polar surface area (TPSA) is 46.9 Å². The van der Waals surface area contributed by atoms with Crippen molar-refractivity contribution in [2.24, 2.45) is 0 Å². The lowest BCUT2D eigenvalue weighted by Crippen LogP contribution is -2.16. The van der Waals surface area contributed by atoms with Crippen molar-refractivity contribution in [1.29, 1.82) is 0 Å². The van der Waals surface area contributed by atoms with E-state index in [1.54, 1.807) is 22.9 Å². The molecule has 26 heavy (non-hydrogen) atoms. The van der Waals surface area contributed by atoms with Gasteiger partial charge in [0.2, 0.25) is 5.91 Å². The average Bonchev–Trinajstić information content (AvgIpc) is 2.82. The Labute approximate surface area is 159 Å². The van der Waals surface area contributed by atoms with E-state index < -0.39 is 0 Å². The largest absolute Gasteiger partial charge is 0.310 e. The smallest absolute Gasteiger partial charge is 0.235 e. The Balaban J connectivity index is 1.91. The molecule has 3 aromatic rings. The molecule has 132 valence electrons. The summed E-state index contributed by atoms with van der Waals surface area (Å²) in [5.41, 5.74) is 3.33. The zero-order valence-corrected chi connectivity index (χ0v) is 15.4. The fourth-order valence-electron chi connectivity index (χ4n) is 3.08. The summed E-state index contributed by atoms with van der Waals surface area (Å²) in [5, 5.41) is 8.00. The van der Waals surface area contributed by atoms with E-state index >= 15 is 0 Å². The van der Waals surface area contributed by atoms with Crippen molar-refractivity contribution in [3.8, 4) is 5.69 Å². The van der Waals surface area contributed by atoms with Gasteiger partial charge in [0.25, 0.3) is 0 Å². The van der Waals surface area contributed by atoms with Crippen molar-refractivity contribution in [1.82, 2.24) is 9.78 Å². The number of hydrogen-bond acceptors (Lipinski definition) is 3. The van der Waals surface area contributed by atoms with Crippen LogP contribution in [0.3, 0.4) is 0 Å². The summed E-state index contributed by atoms with van der Waals surface area (Å²) in [4.78, 5) is 12.3. The van der Waals surface area contributed by atoms with Crippen molar-refractivity contribution in [2.45, 2.75) is 12.2 Å². The number of fused-ring (bicyclic) bond motifs is 1. The summed E-state index contributed by atoms with van der Waals surface area (Å²) < 4.78 is 15.0. The number of hydrogen-bond donors (Lipinski definition) is 1. The van der Waals surface area contributed by atoms with Gasteiger partial charge in [-0.15, -0.1) is 11.8 Å². The number of aryl methyl sites for hydroxylation is 1. The van der Waals surface area contributed by atoms with Crippen LogP contribution < -0.4 is 5.32 Å². The van der Waals surface area contributed by atoms with Crippen LogP contribution in [0.15, 0.2) is 48.5 Å². The van der Waals surface area contributed by atoms with E-state index in [0.717, 1.165) is 16.8 Å². The first-order valence-electron chi connectivity index (χ1n) is 8.06. The molecule has 0 radical (unpaired) electrons. The molecule has 1 N–H and O–H groups in total. The number of carbonyl (C=O) groups excluding carboxylic acids is 1. The molecule has 4 nitrogen and oxygen atoms in total. The van der Waals surface area contributed by atoms with Crippen LogP contribution in [0.1, 0.15) is 22.1 Å². The standard InChI is InChI=1S/C19H15ClFN3OS/c1-11-17-18(12-6-8-13(21)9-7-12)26-10-16(25)22-19(17)24(23-11)15-5-3-2-4-14(15)20/h2-9,18H,10H2,1H3,(H,22,25). The first-order valence-corrected chi connectivity index (χ1v) is 9.48. The van der Waals surface area contributed by atoms with E-state index in [0.29, 0.717) is 22.3 Å². The number of nitrogens with zero attached hydrogens (tertiary/aromatic N) is 2. The van der Waals surface area contributed by atoms with Crippen LogP contribution in [0.2, 0.25) is 5.02 Å². The third-order valence-corrected chi connectivity index (χ3v) is 5.85. The fourth-order valence-corrected chi connectivity index (χ4v) is 4.49. The van der Waals surface area contributed by atoms with Gasteiger partial charge in [-0.1, -0.05) is 35.9 Å². The summed E-state index contributed by atoms with van der Waals surface area (Å²) in [6.07, 6.45) is 0. The number of nitrogens with one attached hydrogen (secondary N) is 1. The van der Waals surface area contributed by atoms with E-state index in [4.69, 9.17) is 11.6 Å². The molecule has 0 bridgehead atoms. The molecule has 0 aliphatic carbocycles. The minimum Gasteiger partial charge on any atom is -0.310 e. The van der Waals surface area contributed by atoms with Crippen LogP contribution in [-0.4, -0.2) is 21.4 Å². The van der Waals surface area contributed by atoms with Crippen LogP contribution in [-0.2, 0) is 4.79 Å².